The number of primary amides is 1. The van der Waals surface area contributed by atoms with Gasteiger partial charge in [-0.15, -0.1) is 0 Å². The van der Waals surface area contributed by atoms with Crippen LogP contribution >= 0.6 is 0 Å². The minimum atomic E-state index is -0.233. The molecule has 1 fully saturated rings. The molecule has 0 saturated carbocycles. The van der Waals surface area contributed by atoms with E-state index < -0.39 is 0 Å². The lowest BCUT2D eigenvalue weighted by Gasteiger charge is -2.40. The molecule has 0 aliphatic carbocycles. The van der Waals surface area contributed by atoms with E-state index in [-0.39, 0.29) is 11.9 Å². The number of rotatable bonds is 6. The highest BCUT2D eigenvalue weighted by atomic mass is 16.1. The van der Waals surface area contributed by atoms with Crippen LogP contribution in [0.1, 0.15) is 46.5 Å². The van der Waals surface area contributed by atoms with Crippen LogP contribution < -0.4 is 11.1 Å². The molecular formula is C13H27N3O. The molecule has 1 aliphatic rings. The Balaban J connectivity index is 2.54. The van der Waals surface area contributed by atoms with Gasteiger partial charge in [0, 0.05) is 18.6 Å². The first-order valence-corrected chi connectivity index (χ1v) is 6.84. The molecular weight excluding hydrogens is 214 g/mol. The van der Waals surface area contributed by atoms with Crippen LogP contribution in [-0.2, 0) is 4.79 Å². The zero-order chi connectivity index (χ0) is 12.8. The van der Waals surface area contributed by atoms with E-state index in [1.807, 2.05) is 0 Å². The molecule has 1 saturated heterocycles. The molecule has 4 nitrogen and oxygen atoms in total. The number of nitrogens with zero attached hydrogens (tertiary/aromatic N) is 1. The molecule has 17 heavy (non-hydrogen) atoms. The Morgan fingerprint density at radius 3 is 2.47 bits per heavy atom. The molecule has 4 heteroatoms. The van der Waals surface area contributed by atoms with Crippen LogP contribution in [-0.4, -0.2) is 42.0 Å². The number of carbonyl (C=O) groups excluding carboxylic acids is 1. The van der Waals surface area contributed by atoms with Gasteiger partial charge in [0.15, 0.2) is 0 Å². The fraction of sp³-hybridized carbons (Fsp3) is 0.923. The molecule has 0 spiro atoms. The monoisotopic (exact) mass is 241 g/mol. The van der Waals surface area contributed by atoms with Crippen LogP contribution in [0.2, 0.25) is 0 Å². The molecule has 3 N–H and O–H groups in total. The highest BCUT2D eigenvalue weighted by Crippen LogP contribution is 2.22. The molecule has 1 amide bonds. The lowest BCUT2D eigenvalue weighted by Crippen LogP contribution is -2.54. The molecule has 0 radical (unpaired) electrons. The maximum atomic E-state index is 11.4. The standard InChI is InChI=1S/C13H27N3O/c1-4-8-15-12(13(14)17)9-16-10(2)6-5-7-11(16)3/h10-12,15H,4-9H2,1-3H3,(H2,14,17)/t10-,11+,12?. The second-order valence-electron chi connectivity index (χ2n) is 5.23. The Labute approximate surface area is 105 Å². The van der Waals surface area contributed by atoms with Crippen molar-refractivity contribution in [2.24, 2.45) is 5.73 Å². The molecule has 1 aliphatic heterocycles. The van der Waals surface area contributed by atoms with Crippen molar-refractivity contribution in [1.29, 1.82) is 0 Å². The van der Waals surface area contributed by atoms with Crippen molar-refractivity contribution in [3.8, 4) is 0 Å². The van der Waals surface area contributed by atoms with Crippen molar-refractivity contribution in [2.75, 3.05) is 13.1 Å². The van der Waals surface area contributed by atoms with Gasteiger partial charge in [-0.3, -0.25) is 9.69 Å². The predicted molar refractivity (Wildman–Crippen MR) is 70.8 cm³/mol. The van der Waals surface area contributed by atoms with Crippen LogP contribution in [0.5, 0.6) is 0 Å². The maximum Gasteiger partial charge on any atom is 0.235 e. The summed E-state index contributed by atoms with van der Waals surface area (Å²) in [5, 5.41) is 3.24. The van der Waals surface area contributed by atoms with Crippen LogP contribution in [0.4, 0.5) is 0 Å². The number of likely N-dealkylation sites (tertiary alicyclic amines) is 1. The number of piperidine rings is 1. The molecule has 1 rings (SSSR count). The average molecular weight is 241 g/mol. The van der Waals surface area contributed by atoms with Gasteiger partial charge in [-0.05, 0) is 39.7 Å². The first-order valence-electron chi connectivity index (χ1n) is 6.84. The highest BCUT2D eigenvalue weighted by Gasteiger charge is 2.28. The smallest absolute Gasteiger partial charge is 0.235 e. The maximum absolute atomic E-state index is 11.4. The van der Waals surface area contributed by atoms with E-state index in [9.17, 15) is 4.79 Å². The van der Waals surface area contributed by atoms with E-state index in [0.717, 1.165) is 19.5 Å². The van der Waals surface area contributed by atoms with Gasteiger partial charge in [0.05, 0.1) is 6.04 Å². The average Bonchev–Trinajstić information content (AvgIpc) is 2.27. The van der Waals surface area contributed by atoms with E-state index >= 15 is 0 Å². The minimum Gasteiger partial charge on any atom is -0.368 e. The topological polar surface area (TPSA) is 58.4 Å². The van der Waals surface area contributed by atoms with Crippen LogP contribution in [0, 0.1) is 0 Å². The minimum absolute atomic E-state index is 0.210. The van der Waals surface area contributed by atoms with Crippen molar-refractivity contribution >= 4 is 5.91 Å². The lowest BCUT2D eigenvalue weighted by molar-refractivity contribution is -0.120. The summed E-state index contributed by atoms with van der Waals surface area (Å²) in [6.45, 7) is 8.18. The Hall–Kier alpha value is -0.610. The Bertz CT molecular complexity index is 235. The summed E-state index contributed by atoms with van der Waals surface area (Å²) >= 11 is 0. The van der Waals surface area contributed by atoms with Gasteiger partial charge in [0.1, 0.15) is 0 Å². The fourth-order valence-corrected chi connectivity index (χ4v) is 2.62. The van der Waals surface area contributed by atoms with Crippen molar-refractivity contribution in [2.45, 2.75) is 64.6 Å². The van der Waals surface area contributed by atoms with Gasteiger partial charge in [0.2, 0.25) is 5.91 Å². The third-order valence-corrected chi connectivity index (χ3v) is 3.75. The van der Waals surface area contributed by atoms with Gasteiger partial charge in [0.25, 0.3) is 0 Å². The zero-order valence-electron chi connectivity index (χ0n) is 11.4. The highest BCUT2D eigenvalue weighted by molar-refractivity contribution is 5.80. The second-order valence-corrected chi connectivity index (χ2v) is 5.23. The first-order chi connectivity index (χ1) is 8.06. The summed E-state index contributed by atoms with van der Waals surface area (Å²) in [6.07, 6.45) is 4.77. The molecule has 0 aromatic carbocycles. The summed E-state index contributed by atoms with van der Waals surface area (Å²) < 4.78 is 0. The number of carbonyl (C=O) groups is 1. The quantitative estimate of drug-likeness (QED) is 0.732. The van der Waals surface area contributed by atoms with Crippen molar-refractivity contribution in [3.63, 3.8) is 0 Å². The second kappa shape index (κ2) is 6.97. The van der Waals surface area contributed by atoms with Crippen LogP contribution in [0.3, 0.4) is 0 Å². The summed E-state index contributed by atoms with van der Waals surface area (Å²) in [7, 11) is 0. The number of hydrogen-bond donors (Lipinski definition) is 2. The summed E-state index contributed by atoms with van der Waals surface area (Å²) in [5.41, 5.74) is 5.46. The van der Waals surface area contributed by atoms with Crippen LogP contribution in [0.15, 0.2) is 0 Å². The van der Waals surface area contributed by atoms with Crippen molar-refractivity contribution in [3.05, 3.63) is 0 Å². The van der Waals surface area contributed by atoms with E-state index in [4.69, 9.17) is 5.73 Å². The number of amides is 1. The predicted octanol–water partition coefficient (Wildman–Crippen LogP) is 1.10. The molecule has 0 bridgehead atoms. The van der Waals surface area contributed by atoms with Gasteiger partial charge in [-0.25, -0.2) is 0 Å². The van der Waals surface area contributed by atoms with Crippen LogP contribution in [0.25, 0.3) is 0 Å². The summed E-state index contributed by atoms with van der Waals surface area (Å²) in [5.74, 6) is -0.233. The molecule has 1 heterocycles. The normalized spacial score (nSPS) is 27.9. The first kappa shape index (κ1) is 14.5. The number of nitrogens with two attached hydrogens (primary N) is 1. The van der Waals surface area contributed by atoms with E-state index in [1.165, 1.54) is 19.3 Å². The van der Waals surface area contributed by atoms with Gasteiger partial charge in [-0.2, -0.15) is 0 Å². The molecule has 100 valence electrons. The summed E-state index contributed by atoms with van der Waals surface area (Å²) in [6, 6.07) is 0.908. The van der Waals surface area contributed by atoms with Gasteiger partial charge in [-0.1, -0.05) is 13.3 Å². The third kappa shape index (κ3) is 4.28. The number of hydrogen-bond acceptors (Lipinski definition) is 3. The largest absolute Gasteiger partial charge is 0.368 e. The van der Waals surface area contributed by atoms with Gasteiger partial charge < -0.3 is 11.1 Å². The SMILES string of the molecule is CCCNC(CN1[C@H](C)CCC[C@@H]1C)C(N)=O. The van der Waals surface area contributed by atoms with E-state index in [0.29, 0.717) is 12.1 Å². The van der Waals surface area contributed by atoms with E-state index in [1.54, 1.807) is 0 Å². The van der Waals surface area contributed by atoms with Crippen molar-refractivity contribution in [1.82, 2.24) is 10.2 Å². The van der Waals surface area contributed by atoms with E-state index in [2.05, 4.69) is 31.0 Å². The third-order valence-electron chi connectivity index (χ3n) is 3.75. The lowest BCUT2D eigenvalue weighted by atomic mass is 9.96. The molecule has 0 aromatic rings. The summed E-state index contributed by atoms with van der Waals surface area (Å²) in [4.78, 5) is 13.8. The van der Waals surface area contributed by atoms with Gasteiger partial charge >= 0.3 is 0 Å². The Morgan fingerprint density at radius 2 is 2.00 bits per heavy atom. The number of nitrogens with one attached hydrogen (secondary N) is 1. The Morgan fingerprint density at radius 1 is 1.41 bits per heavy atom. The Kier molecular flexibility index (Phi) is 5.92. The molecule has 1 unspecified atom stereocenters. The fourth-order valence-electron chi connectivity index (χ4n) is 2.62. The zero-order valence-corrected chi connectivity index (χ0v) is 11.4. The molecule has 3 atom stereocenters. The van der Waals surface area contributed by atoms with Crippen molar-refractivity contribution < 1.29 is 4.79 Å². The molecule has 0 aromatic heterocycles.